The van der Waals surface area contributed by atoms with Gasteiger partial charge in [0, 0.05) is 26.6 Å². The van der Waals surface area contributed by atoms with Crippen molar-refractivity contribution in [1.82, 2.24) is 25.4 Å². The summed E-state index contributed by atoms with van der Waals surface area (Å²) >= 11 is 0. The maximum atomic E-state index is 12.3. The lowest BCUT2D eigenvalue weighted by Gasteiger charge is -2.09. The molecule has 0 atom stereocenters. The number of nitrogens with zero attached hydrogens (tertiary/aromatic N) is 2. The van der Waals surface area contributed by atoms with E-state index in [2.05, 4.69) is 43.8 Å². The molecule has 0 spiro atoms. The molecule has 1 amide bonds. The van der Waals surface area contributed by atoms with E-state index in [1.165, 1.54) is 18.4 Å². The molecule has 3 aromatic rings. The molecule has 4 rings (SSSR count). The van der Waals surface area contributed by atoms with Crippen molar-refractivity contribution in [3.8, 4) is 0 Å². The molecule has 0 saturated heterocycles. The summed E-state index contributed by atoms with van der Waals surface area (Å²) in [6, 6.07) is 13.9. The van der Waals surface area contributed by atoms with Crippen LogP contribution in [0.4, 0.5) is 0 Å². The van der Waals surface area contributed by atoms with E-state index in [1.807, 2.05) is 36.5 Å². The lowest BCUT2D eigenvalue weighted by atomic mass is 10.2. The van der Waals surface area contributed by atoms with Crippen LogP contribution in [0.1, 0.15) is 37.0 Å². The van der Waals surface area contributed by atoms with Crippen LogP contribution in [-0.4, -0.2) is 15.3 Å². The molecule has 0 unspecified atom stereocenters. The van der Waals surface area contributed by atoms with Crippen LogP contribution in [0.25, 0.3) is 5.65 Å². The zero-order valence-electron chi connectivity index (χ0n) is 15.6. The van der Waals surface area contributed by atoms with E-state index in [1.54, 1.807) is 6.20 Å². The highest BCUT2D eigenvalue weighted by Gasteiger charge is 2.23. The van der Waals surface area contributed by atoms with Gasteiger partial charge in [0.25, 0.3) is 5.91 Å². The van der Waals surface area contributed by atoms with Gasteiger partial charge < -0.3 is 20.5 Å². The van der Waals surface area contributed by atoms with Gasteiger partial charge in [0.05, 0.1) is 12.2 Å². The maximum absolute atomic E-state index is 12.3. The van der Waals surface area contributed by atoms with E-state index in [0.717, 1.165) is 16.9 Å². The largest absolute Gasteiger partial charge is 0.383 e. The summed E-state index contributed by atoms with van der Waals surface area (Å²) in [5.41, 5.74) is 6.90. The molecule has 0 radical (unpaired) electrons. The Morgan fingerprint density at radius 3 is 2.75 bits per heavy atom. The van der Waals surface area contributed by atoms with E-state index in [9.17, 15) is 4.79 Å². The van der Waals surface area contributed by atoms with E-state index < -0.39 is 0 Å². The number of aromatic nitrogens is 2. The second-order valence-corrected chi connectivity index (χ2v) is 6.99. The minimum absolute atomic E-state index is 0. The average Bonchev–Trinajstić information content (AvgIpc) is 3.49. The van der Waals surface area contributed by atoms with E-state index in [-0.39, 0.29) is 13.0 Å². The molecule has 2 aromatic heterocycles. The fourth-order valence-corrected chi connectivity index (χ4v) is 3.11. The number of fused-ring (bicyclic) bond motifs is 1. The smallest absolute Gasteiger partial charge is 0.270 e. The summed E-state index contributed by atoms with van der Waals surface area (Å²) in [4.78, 5) is 16.9. The third-order valence-electron chi connectivity index (χ3n) is 4.80. The molecule has 1 saturated carbocycles. The third kappa shape index (κ3) is 4.32. The highest BCUT2D eigenvalue weighted by molar-refractivity contribution is 5.92. The van der Waals surface area contributed by atoms with Gasteiger partial charge in [0.2, 0.25) is 0 Å². The molecule has 28 heavy (non-hydrogen) atoms. The Kier molecular flexibility index (Phi) is 5.25. The Bertz CT molecular complexity index is 997. The van der Waals surface area contributed by atoms with Crippen molar-refractivity contribution < 1.29 is 6.22 Å². The number of imidazole rings is 1. The van der Waals surface area contributed by atoms with E-state index in [0.29, 0.717) is 19.0 Å². The van der Waals surface area contributed by atoms with Gasteiger partial charge in [-0.2, -0.15) is 0 Å². The molecule has 1 fully saturated rings. The van der Waals surface area contributed by atoms with Gasteiger partial charge in [-0.25, -0.2) is 4.98 Å². The van der Waals surface area contributed by atoms with Gasteiger partial charge in [-0.05, 0) is 36.0 Å². The van der Waals surface area contributed by atoms with E-state index in [4.69, 9.17) is 5.84 Å². The first-order chi connectivity index (χ1) is 13.7. The Balaban J connectivity index is 0.00000240. The lowest BCUT2D eigenvalue weighted by molar-refractivity contribution is -0.118. The molecule has 7 nitrogen and oxygen atoms in total. The van der Waals surface area contributed by atoms with Crippen molar-refractivity contribution in [1.29, 1.82) is 0 Å². The van der Waals surface area contributed by atoms with Crippen molar-refractivity contribution in [2.24, 2.45) is 5.84 Å². The van der Waals surface area contributed by atoms with Gasteiger partial charge in [-0.1, -0.05) is 36.4 Å². The molecule has 5 N–H and O–H groups in total. The van der Waals surface area contributed by atoms with Crippen LogP contribution >= 0.6 is 0 Å². The number of pyridine rings is 1. The van der Waals surface area contributed by atoms with Crippen LogP contribution in [0.2, 0.25) is 0 Å². The Hall–Kier alpha value is -3.32. The van der Waals surface area contributed by atoms with Gasteiger partial charge in [0.1, 0.15) is 11.3 Å². The molecule has 7 heteroatoms. The fraction of sp³-hybridized carbons (Fsp3) is 0.238. The maximum Gasteiger partial charge on any atom is 0.270 e. The van der Waals surface area contributed by atoms with Gasteiger partial charge >= 0.3 is 0 Å². The molecule has 146 valence electrons. The first-order valence-electron chi connectivity index (χ1n) is 9.43. The minimum Gasteiger partial charge on any atom is -0.383 e. The highest BCUT2D eigenvalue weighted by Crippen LogP contribution is 2.39. The van der Waals surface area contributed by atoms with Crippen molar-refractivity contribution in [3.63, 3.8) is 0 Å². The number of amides is 1. The number of nitrogens with one attached hydrogen (secondary N) is 3. The summed E-state index contributed by atoms with van der Waals surface area (Å²) in [7, 11) is 0. The van der Waals surface area contributed by atoms with Gasteiger partial charge in [-0.15, -0.1) is 0 Å². The number of nitrogens with two attached hydrogens (primary N) is 1. The van der Waals surface area contributed by atoms with Crippen LogP contribution < -0.4 is 21.9 Å². The molecule has 1 aromatic carbocycles. The van der Waals surface area contributed by atoms with Crippen LogP contribution in [-0.2, 0) is 17.9 Å². The zero-order valence-corrected chi connectivity index (χ0v) is 15.6. The standard InChI is InChI=1S/C21H24N6O.H2/c22-26-19(21(28)24-10-15-4-2-1-3-5-15)12-23-11-18-14-27-13-17(16-6-7-16)8-9-20(27)25-18;/h1-5,8-9,12-14,16,23,26H,6-7,10-11,22H2,(H,24,28);1H/b19-12-;. The fourth-order valence-electron chi connectivity index (χ4n) is 3.11. The number of carbonyl (C=O) groups excluding carboxylic acids is 1. The van der Waals surface area contributed by atoms with Crippen molar-refractivity contribution in [3.05, 3.63) is 83.6 Å². The first-order valence-corrected chi connectivity index (χ1v) is 9.43. The molecule has 2 heterocycles. The van der Waals surface area contributed by atoms with Crippen molar-refractivity contribution >= 4 is 11.6 Å². The predicted molar refractivity (Wildman–Crippen MR) is 110 cm³/mol. The Morgan fingerprint density at radius 2 is 2.00 bits per heavy atom. The van der Waals surface area contributed by atoms with Crippen LogP contribution in [0.5, 0.6) is 0 Å². The number of rotatable bonds is 8. The zero-order chi connectivity index (χ0) is 19.3. The number of hydrogen-bond acceptors (Lipinski definition) is 5. The predicted octanol–water partition coefficient (Wildman–Crippen LogP) is 2.17. The van der Waals surface area contributed by atoms with Crippen LogP contribution in [0.3, 0.4) is 0 Å². The Labute approximate surface area is 165 Å². The number of hydrogen-bond donors (Lipinski definition) is 4. The number of carbonyl (C=O) groups is 1. The average molecular weight is 378 g/mol. The third-order valence-corrected chi connectivity index (χ3v) is 4.80. The summed E-state index contributed by atoms with van der Waals surface area (Å²) in [6.07, 6.45) is 8.29. The molecular formula is C21H26N6O. The highest BCUT2D eigenvalue weighted by atomic mass is 16.2. The SMILES string of the molecule is NN/C(=C\NCc1cn2cc(C3CC3)ccc2n1)C(=O)NCc1ccccc1.[HH]. The number of hydrazine groups is 1. The Morgan fingerprint density at radius 1 is 1.18 bits per heavy atom. The second-order valence-electron chi connectivity index (χ2n) is 6.99. The normalized spacial score (nSPS) is 14.1. The quantitative estimate of drug-likeness (QED) is 0.274. The molecular weight excluding hydrogens is 352 g/mol. The molecule has 1 aliphatic carbocycles. The monoisotopic (exact) mass is 378 g/mol. The van der Waals surface area contributed by atoms with Crippen molar-refractivity contribution in [2.45, 2.75) is 31.8 Å². The summed E-state index contributed by atoms with van der Waals surface area (Å²) in [6.45, 7) is 0.937. The second kappa shape index (κ2) is 8.14. The van der Waals surface area contributed by atoms with E-state index >= 15 is 0 Å². The van der Waals surface area contributed by atoms with Gasteiger partial charge in [-0.3, -0.25) is 10.6 Å². The molecule has 0 aliphatic heterocycles. The molecule has 1 aliphatic rings. The first kappa shape index (κ1) is 18.1. The lowest BCUT2D eigenvalue weighted by Crippen LogP contribution is -2.35. The van der Waals surface area contributed by atoms with Gasteiger partial charge in [0.15, 0.2) is 0 Å². The topological polar surface area (TPSA) is 96.5 Å². The van der Waals surface area contributed by atoms with Crippen LogP contribution in [0, 0.1) is 0 Å². The summed E-state index contributed by atoms with van der Waals surface area (Å²) in [5.74, 6) is 5.93. The molecule has 0 bridgehead atoms. The number of benzene rings is 1. The summed E-state index contributed by atoms with van der Waals surface area (Å²) < 4.78 is 2.06. The summed E-state index contributed by atoms with van der Waals surface area (Å²) in [5, 5.41) is 5.93. The van der Waals surface area contributed by atoms with Crippen LogP contribution in [0.15, 0.2) is 66.8 Å². The van der Waals surface area contributed by atoms with Crippen molar-refractivity contribution in [2.75, 3.05) is 0 Å². The minimum atomic E-state index is -0.275.